The highest BCUT2D eigenvalue weighted by molar-refractivity contribution is 6.04. The smallest absolute Gasteiger partial charge is 0.313 e. The number of rotatable bonds is 4. The zero-order valence-electron chi connectivity index (χ0n) is 10.6. The highest BCUT2D eigenvalue weighted by Gasteiger charge is 2.05. The molecular formula is C16H14O3. The average Bonchev–Trinajstić information content (AvgIpc) is 2.44. The number of carbonyl (C=O) groups excluding carboxylic acids is 2. The molecule has 19 heavy (non-hydrogen) atoms. The molecule has 0 aliphatic rings. The minimum absolute atomic E-state index is 0.222. The third-order valence-electron chi connectivity index (χ3n) is 2.78. The molecular weight excluding hydrogens is 240 g/mol. The van der Waals surface area contributed by atoms with Crippen LogP contribution in [0.25, 0.3) is 16.8 Å². The van der Waals surface area contributed by atoms with Gasteiger partial charge in [0, 0.05) is 0 Å². The molecule has 0 amide bonds. The van der Waals surface area contributed by atoms with E-state index in [0.29, 0.717) is 0 Å². The van der Waals surface area contributed by atoms with E-state index in [1.807, 2.05) is 42.5 Å². The zero-order valence-corrected chi connectivity index (χ0v) is 10.6. The van der Waals surface area contributed by atoms with Gasteiger partial charge < -0.3 is 4.74 Å². The number of allylic oxidation sites excluding steroid dienone is 1. The molecule has 96 valence electrons. The summed E-state index contributed by atoms with van der Waals surface area (Å²) in [6.07, 6.45) is 2.89. The van der Waals surface area contributed by atoms with Crippen LogP contribution in [-0.2, 0) is 14.3 Å². The van der Waals surface area contributed by atoms with Gasteiger partial charge in [-0.15, -0.1) is 0 Å². The van der Waals surface area contributed by atoms with Crippen LogP contribution in [0.3, 0.4) is 0 Å². The Labute approximate surface area is 111 Å². The van der Waals surface area contributed by atoms with Crippen molar-refractivity contribution in [1.29, 1.82) is 0 Å². The standard InChI is InChI=1S/C16H14O3/c1-19-16(18)11-15(17)9-7-12-6-8-13-4-2-3-5-14(13)10-12/h2-10H,11H2,1H3/b9-7+. The van der Waals surface area contributed by atoms with Crippen LogP contribution in [0, 0.1) is 0 Å². The van der Waals surface area contributed by atoms with Crippen LogP contribution in [0.2, 0.25) is 0 Å². The van der Waals surface area contributed by atoms with Crippen LogP contribution in [0.4, 0.5) is 0 Å². The Kier molecular flexibility index (Phi) is 4.08. The van der Waals surface area contributed by atoms with Crippen LogP contribution in [0.15, 0.2) is 48.5 Å². The van der Waals surface area contributed by atoms with E-state index in [1.54, 1.807) is 6.08 Å². The molecule has 0 heterocycles. The van der Waals surface area contributed by atoms with Gasteiger partial charge >= 0.3 is 5.97 Å². The number of fused-ring (bicyclic) bond motifs is 1. The highest BCUT2D eigenvalue weighted by atomic mass is 16.5. The lowest BCUT2D eigenvalue weighted by atomic mass is 10.1. The Morgan fingerprint density at radius 2 is 1.84 bits per heavy atom. The summed E-state index contributed by atoms with van der Waals surface area (Å²) < 4.78 is 4.44. The molecule has 0 atom stereocenters. The first-order chi connectivity index (χ1) is 9.19. The molecule has 0 unspecified atom stereocenters. The van der Waals surface area contributed by atoms with Crippen molar-refractivity contribution in [2.75, 3.05) is 7.11 Å². The van der Waals surface area contributed by atoms with E-state index < -0.39 is 5.97 Å². The SMILES string of the molecule is COC(=O)CC(=O)/C=C/c1ccc2ccccc2c1. The topological polar surface area (TPSA) is 43.4 Å². The third-order valence-corrected chi connectivity index (χ3v) is 2.78. The second-order valence-electron chi connectivity index (χ2n) is 4.16. The minimum Gasteiger partial charge on any atom is -0.469 e. The number of methoxy groups -OCH3 is 1. The molecule has 0 N–H and O–H groups in total. The van der Waals surface area contributed by atoms with Gasteiger partial charge in [-0.05, 0) is 28.5 Å². The molecule has 2 aromatic rings. The molecule has 0 bridgehead atoms. The largest absolute Gasteiger partial charge is 0.469 e. The van der Waals surface area contributed by atoms with E-state index in [9.17, 15) is 9.59 Å². The zero-order chi connectivity index (χ0) is 13.7. The fraction of sp³-hybridized carbons (Fsp3) is 0.125. The molecule has 3 nitrogen and oxygen atoms in total. The summed E-state index contributed by atoms with van der Waals surface area (Å²) in [5.41, 5.74) is 0.928. The van der Waals surface area contributed by atoms with Crippen molar-refractivity contribution in [3.8, 4) is 0 Å². The molecule has 0 aromatic heterocycles. The predicted octanol–water partition coefficient (Wildman–Crippen LogP) is 2.99. The summed E-state index contributed by atoms with van der Waals surface area (Å²) in [4.78, 5) is 22.4. The van der Waals surface area contributed by atoms with Crippen molar-refractivity contribution in [1.82, 2.24) is 0 Å². The van der Waals surface area contributed by atoms with Gasteiger partial charge in [0.1, 0.15) is 6.42 Å². The van der Waals surface area contributed by atoms with Gasteiger partial charge in [0.25, 0.3) is 0 Å². The van der Waals surface area contributed by atoms with Crippen molar-refractivity contribution in [2.24, 2.45) is 0 Å². The Morgan fingerprint density at radius 1 is 1.11 bits per heavy atom. The number of ether oxygens (including phenoxy) is 1. The van der Waals surface area contributed by atoms with Gasteiger partial charge in [-0.1, -0.05) is 42.5 Å². The van der Waals surface area contributed by atoms with E-state index in [-0.39, 0.29) is 12.2 Å². The average molecular weight is 254 g/mol. The summed E-state index contributed by atoms with van der Waals surface area (Å²) in [6.45, 7) is 0. The van der Waals surface area contributed by atoms with Crippen LogP contribution in [0.5, 0.6) is 0 Å². The first-order valence-corrected chi connectivity index (χ1v) is 5.95. The van der Waals surface area contributed by atoms with Gasteiger partial charge in [-0.3, -0.25) is 9.59 Å². The second-order valence-corrected chi connectivity index (χ2v) is 4.16. The molecule has 0 aliphatic carbocycles. The fourth-order valence-electron chi connectivity index (χ4n) is 1.77. The van der Waals surface area contributed by atoms with Gasteiger partial charge in [0.05, 0.1) is 7.11 Å². The number of hydrogen-bond donors (Lipinski definition) is 0. The summed E-state index contributed by atoms with van der Waals surface area (Å²) in [6, 6.07) is 13.9. The van der Waals surface area contributed by atoms with Gasteiger partial charge in [-0.2, -0.15) is 0 Å². The second kappa shape index (κ2) is 5.96. The first-order valence-electron chi connectivity index (χ1n) is 5.95. The van der Waals surface area contributed by atoms with Crippen LogP contribution in [0.1, 0.15) is 12.0 Å². The third kappa shape index (κ3) is 3.52. The van der Waals surface area contributed by atoms with E-state index in [2.05, 4.69) is 4.74 Å². The maximum absolute atomic E-state index is 11.5. The van der Waals surface area contributed by atoms with E-state index in [1.165, 1.54) is 13.2 Å². The van der Waals surface area contributed by atoms with Gasteiger partial charge in [0.2, 0.25) is 0 Å². The van der Waals surface area contributed by atoms with Gasteiger partial charge in [0.15, 0.2) is 5.78 Å². The van der Waals surface area contributed by atoms with Crippen molar-refractivity contribution < 1.29 is 14.3 Å². The molecule has 0 aliphatic heterocycles. The van der Waals surface area contributed by atoms with E-state index in [0.717, 1.165) is 16.3 Å². The molecule has 2 aromatic carbocycles. The van der Waals surface area contributed by atoms with Crippen LogP contribution >= 0.6 is 0 Å². The summed E-state index contributed by atoms with van der Waals surface area (Å²) >= 11 is 0. The maximum atomic E-state index is 11.5. The minimum atomic E-state index is -0.520. The number of ketones is 1. The number of esters is 1. The number of benzene rings is 2. The summed E-state index contributed by atoms with van der Waals surface area (Å²) in [7, 11) is 1.27. The molecule has 0 saturated heterocycles. The molecule has 2 rings (SSSR count). The predicted molar refractivity (Wildman–Crippen MR) is 74.6 cm³/mol. The molecule has 0 radical (unpaired) electrons. The Morgan fingerprint density at radius 3 is 2.58 bits per heavy atom. The quantitative estimate of drug-likeness (QED) is 0.478. The van der Waals surface area contributed by atoms with Gasteiger partial charge in [-0.25, -0.2) is 0 Å². The van der Waals surface area contributed by atoms with E-state index >= 15 is 0 Å². The number of carbonyl (C=O) groups is 2. The monoisotopic (exact) mass is 254 g/mol. The van der Waals surface area contributed by atoms with Crippen LogP contribution < -0.4 is 0 Å². The molecule has 0 spiro atoms. The van der Waals surface area contributed by atoms with Crippen molar-refractivity contribution in [3.63, 3.8) is 0 Å². The Balaban J connectivity index is 2.12. The normalized spacial score (nSPS) is 10.8. The van der Waals surface area contributed by atoms with Crippen molar-refractivity contribution in [3.05, 3.63) is 54.1 Å². The van der Waals surface area contributed by atoms with Crippen LogP contribution in [-0.4, -0.2) is 18.9 Å². The van der Waals surface area contributed by atoms with Crippen molar-refractivity contribution in [2.45, 2.75) is 6.42 Å². The molecule has 0 fully saturated rings. The summed E-state index contributed by atoms with van der Waals surface area (Å²) in [5, 5.41) is 2.27. The van der Waals surface area contributed by atoms with Crippen molar-refractivity contribution >= 4 is 28.6 Å². The number of hydrogen-bond acceptors (Lipinski definition) is 3. The van der Waals surface area contributed by atoms with E-state index in [4.69, 9.17) is 0 Å². The Hall–Kier alpha value is -2.42. The maximum Gasteiger partial charge on any atom is 0.313 e. The fourth-order valence-corrected chi connectivity index (χ4v) is 1.77. The molecule has 0 saturated carbocycles. The first kappa shape index (κ1) is 13.0. The lowest BCUT2D eigenvalue weighted by Crippen LogP contribution is -2.06. The Bertz CT molecular complexity index is 641. The summed E-state index contributed by atoms with van der Waals surface area (Å²) in [5.74, 6) is -0.784. The lowest BCUT2D eigenvalue weighted by molar-refractivity contribution is -0.142. The molecule has 3 heteroatoms. The lowest BCUT2D eigenvalue weighted by Gasteiger charge is -1.99. The highest BCUT2D eigenvalue weighted by Crippen LogP contribution is 2.16.